The molecule has 148 valence electrons. The van der Waals surface area contributed by atoms with Crippen LogP contribution in [0.25, 0.3) is 0 Å². The van der Waals surface area contributed by atoms with E-state index in [0.29, 0.717) is 5.92 Å². The minimum Gasteiger partial charge on any atom is -0.370 e. The summed E-state index contributed by atoms with van der Waals surface area (Å²) in [4.78, 5) is 21.4. The molecule has 7 heteroatoms. The fourth-order valence-corrected chi connectivity index (χ4v) is 4.03. The Morgan fingerprint density at radius 3 is 2.54 bits per heavy atom. The van der Waals surface area contributed by atoms with Gasteiger partial charge in [-0.05, 0) is 44.2 Å². The maximum absolute atomic E-state index is 12.8. The van der Waals surface area contributed by atoms with E-state index in [9.17, 15) is 4.79 Å². The Labute approximate surface area is 169 Å². The van der Waals surface area contributed by atoms with Crippen LogP contribution in [0.5, 0.6) is 0 Å². The van der Waals surface area contributed by atoms with E-state index in [1.165, 1.54) is 24.9 Å². The summed E-state index contributed by atoms with van der Waals surface area (Å²) in [5.74, 6) is 0.545. The van der Waals surface area contributed by atoms with Crippen LogP contribution in [0.4, 0.5) is 5.69 Å². The van der Waals surface area contributed by atoms with Crippen LogP contribution in [-0.2, 0) is 4.79 Å². The van der Waals surface area contributed by atoms with Crippen molar-refractivity contribution in [2.45, 2.75) is 51.5 Å². The number of hydrogen-bond acceptors (Lipinski definition) is 4. The minimum atomic E-state index is -0.306. The number of rotatable bonds is 3. The third kappa shape index (κ3) is 5.73. The SMILES string of the molecule is Cc1cc(N2CCCN(C(=O)[C@@H](N)C3CCCCC3)CC2)ccn1.Cl.Cl. The summed E-state index contributed by atoms with van der Waals surface area (Å²) < 4.78 is 0. The van der Waals surface area contributed by atoms with Crippen LogP contribution in [0.1, 0.15) is 44.2 Å². The highest BCUT2D eigenvalue weighted by Crippen LogP contribution is 2.26. The molecule has 0 spiro atoms. The molecule has 0 bridgehead atoms. The van der Waals surface area contributed by atoms with E-state index in [-0.39, 0.29) is 36.8 Å². The molecule has 3 rings (SSSR count). The summed E-state index contributed by atoms with van der Waals surface area (Å²) >= 11 is 0. The van der Waals surface area contributed by atoms with Gasteiger partial charge >= 0.3 is 0 Å². The first-order valence-corrected chi connectivity index (χ1v) is 9.37. The highest BCUT2D eigenvalue weighted by atomic mass is 35.5. The molecule has 1 aromatic rings. The van der Waals surface area contributed by atoms with Gasteiger partial charge in [-0.15, -0.1) is 24.8 Å². The van der Waals surface area contributed by atoms with Crippen molar-refractivity contribution in [2.75, 3.05) is 31.1 Å². The van der Waals surface area contributed by atoms with Gasteiger partial charge in [0.15, 0.2) is 0 Å². The summed E-state index contributed by atoms with van der Waals surface area (Å²) in [5, 5.41) is 0. The lowest BCUT2D eigenvalue weighted by atomic mass is 9.84. The van der Waals surface area contributed by atoms with E-state index >= 15 is 0 Å². The minimum absolute atomic E-state index is 0. The van der Waals surface area contributed by atoms with Crippen molar-refractivity contribution in [3.05, 3.63) is 24.0 Å². The van der Waals surface area contributed by atoms with Crippen molar-refractivity contribution in [1.82, 2.24) is 9.88 Å². The third-order valence-corrected chi connectivity index (χ3v) is 5.50. The Morgan fingerprint density at radius 2 is 1.85 bits per heavy atom. The van der Waals surface area contributed by atoms with E-state index in [1.54, 1.807) is 0 Å². The van der Waals surface area contributed by atoms with Gasteiger partial charge in [0.25, 0.3) is 0 Å². The highest BCUT2D eigenvalue weighted by Gasteiger charge is 2.30. The Kier molecular flexibility index (Phi) is 9.69. The van der Waals surface area contributed by atoms with E-state index in [1.807, 2.05) is 18.0 Å². The number of carbonyl (C=O) groups excluding carboxylic acids is 1. The van der Waals surface area contributed by atoms with Crippen LogP contribution in [0, 0.1) is 12.8 Å². The highest BCUT2D eigenvalue weighted by molar-refractivity contribution is 5.85. The monoisotopic (exact) mass is 402 g/mol. The summed E-state index contributed by atoms with van der Waals surface area (Å²) in [5.41, 5.74) is 8.56. The molecule has 5 nitrogen and oxygen atoms in total. The second-order valence-corrected chi connectivity index (χ2v) is 7.25. The Bertz CT molecular complexity index is 566. The zero-order valence-corrected chi connectivity index (χ0v) is 17.2. The molecule has 2 heterocycles. The summed E-state index contributed by atoms with van der Waals surface area (Å²) in [6.45, 7) is 5.44. The van der Waals surface area contributed by atoms with Crippen molar-refractivity contribution < 1.29 is 4.79 Å². The third-order valence-electron chi connectivity index (χ3n) is 5.50. The standard InChI is InChI=1S/C19H30N4O.2ClH/c1-15-14-17(8-9-21-15)22-10-5-11-23(13-12-22)19(24)18(20)16-6-3-2-4-7-16;;/h8-9,14,16,18H,2-7,10-13,20H2,1H3;2*1H/t18-;;/m0../s1. The molecule has 1 aliphatic heterocycles. The number of anilines is 1. The predicted molar refractivity (Wildman–Crippen MR) is 111 cm³/mol. The van der Waals surface area contributed by atoms with Gasteiger partial charge in [-0.3, -0.25) is 9.78 Å². The number of halogens is 2. The van der Waals surface area contributed by atoms with Gasteiger partial charge in [0.1, 0.15) is 0 Å². The average Bonchev–Trinajstić information content (AvgIpc) is 2.87. The van der Waals surface area contributed by atoms with Crippen LogP contribution < -0.4 is 10.6 Å². The van der Waals surface area contributed by atoms with Crippen LogP contribution in [0.3, 0.4) is 0 Å². The second kappa shape index (κ2) is 11.0. The van der Waals surface area contributed by atoms with Gasteiger partial charge in [0.05, 0.1) is 6.04 Å². The molecule has 2 fully saturated rings. The van der Waals surface area contributed by atoms with E-state index in [4.69, 9.17) is 5.73 Å². The predicted octanol–water partition coefficient (Wildman–Crippen LogP) is 3.18. The number of nitrogens with zero attached hydrogens (tertiary/aromatic N) is 3. The molecule has 0 radical (unpaired) electrons. The molecule has 1 saturated carbocycles. The van der Waals surface area contributed by atoms with Gasteiger partial charge in [-0.2, -0.15) is 0 Å². The van der Waals surface area contributed by atoms with Crippen LogP contribution in [0.2, 0.25) is 0 Å². The van der Waals surface area contributed by atoms with Gasteiger partial charge in [0.2, 0.25) is 5.91 Å². The molecule has 0 aromatic carbocycles. The number of pyridine rings is 1. The topological polar surface area (TPSA) is 62.5 Å². The van der Waals surface area contributed by atoms with Gasteiger partial charge in [0, 0.05) is 43.8 Å². The van der Waals surface area contributed by atoms with Crippen LogP contribution in [-0.4, -0.2) is 48.0 Å². The van der Waals surface area contributed by atoms with Crippen molar-refractivity contribution >= 4 is 36.4 Å². The fourth-order valence-electron chi connectivity index (χ4n) is 4.03. The molecular weight excluding hydrogens is 371 g/mol. The van der Waals surface area contributed by atoms with E-state index in [2.05, 4.69) is 22.0 Å². The lowest BCUT2D eigenvalue weighted by Gasteiger charge is -2.31. The lowest BCUT2D eigenvalue weighted by molar-refractivity contribution is -0.133. The van der Waals surface area contributed by atoms with Crippen molar-refractivity contribution in [3.8, 4) is 0 Å². The van der Waals surface area contributed by atoms with Gasteiger partial charge < -0.3 is 15.5 Å². The molecule has 1 saturated heterocycles. The number of carbonyl (C=O) groups is 1. The lowest BCUT2D eigenvalue weighted by Crippen LogP contribution is -2.49. The molecule has 1 aromatic heterocycles. The first kappa shape index (κ1) is 23.0. The van der Waals surface area contributed by atoms with Crippen LogP contribution >= 0.6 is 24.8 Å². The van der Waals surface area contributed by atoms with Crippen LogP contribution in [0.15, 0.2) is 18.3 Å². The first-order chi connectivity index (χ1) is 11.6. The number of amides is 1. The second-order valence-electron chi connectivity index (χ2n) is 7.25. The van der Waals surface area contributed by atoms with E-state index < -0.39 is 0 Å². The molecule has 0 unspecified atom stereocenters. The fraction of sp³-hybridized carbons (Fsp3) is 0.684. The summed E-state index contributed by atoms with van der Waals surface area (Å²) in [6, 6.07) is 3.86. The normalized spacial score (nSPS) is 19.8. The van der Waals surface area contributed by atoms with Gasteiger partial charge in [-0.1, -0.05) is 19.3 Å². The maximum Gasteiger partial charge on any atom is 0.239 e. The molecule has 26 heavy (non-hydrogen) atoms. The quantitative estimate of drug-likeness (QED) is 0.842. The zero-order chi connectivity index (χ0) is 16.9. The molecule has 2 N–H and O–H groups in total. The van der Waals surface area contributed by atoms with E-state index in [0.717, 1.165) is 51.1 Å². The Balaban J connectivity index is 0.00000169. The molecule has 1 atom stereocenters. The summed E-state index contributed by atoms with van der Waals surface area (Å²) in [6.07, 6.45) is 8.82. The Morgan fingerprint density at radius 1 is 1.12 bits per heavy atom. The van der Waals surface area contributed by atoms with Crippen molar-refractivity contribution in [2.24, 2.45) is 11.7 Å². The molecule has 1 aliphatic carbocycles. The van der Waals surface area contributed by atoms with Crippen molar-refractivity contribution in [3.63, 3.8) is 0 Å². The smallest absolute Gasteiger partial charge is 0.239 e. The average molecular weight is 403 g/mol. The molecule has 1 amide bonds. The number of nitrogens with two attached hydrogens (primary N) is 1. The largest absolute Gasteiger partial charge is 0.370 e. The van der Waals surface area contributed by atoms with Gasteiger partial charge in [-0.25, -0.2) is 0 Å². The first-order valence-electron chi connectivity index (χ1n) is 9.37. The Hall–Kier alpha value is -1.04. The zero-order valence-electron chi connectivity index (χ0n) is 15.6. The maximum atomic E-state index is 12.8. The number of aryl methyl sites for hydroxylation is 1. The summed E-state index contributed by atoms with van der Waals surface area (Å²) in [7, 11) is 0. The number of aromatic nitrogens is 1. The molecular formula is C19H32Cl2N4O. The number of hydrogen-bond donors (Lipinski definition) is 1. The molecule has 2 aliphatic rings. The van der Waals surface area contributed by atoms with Crippen molar-refractivity contribution in [1.29, 1.82) is 0 Å².